The molecule has 0 amide bonds. The van der Waals surface area contributed by atoms with E-state index in [1.165, 1.54) is 18.2 Å². The van der Waals surface area contributed by atoms with E-state index in [4.69, 9.17) is 31.5 Å². The summed E-state index contributed by atoms with van der Waals surface area (Å²) in [6, 6.07) is 19.3. The van der Waals surface area contributed by atoms with E-state index in [0.717, 1.165) is 0 Å². The third-order valence-corrected chi connectivity index (χ3v) is 5.01. The van der Waals surface area contributed by atoms with Crippen LogP contribution in [0.1, 0.15) is 17.0 Å². The van der Waals surface area contributed by atoms with E-state index in [2.05, 4.69) is 6.07 Å². The Hall–Kier alpha value is -4.02. The summed E-state index contributed by atoms with van der Waals surface area (Å²) in [7, 11) is 0. The summed E-state index contributed by atoms with van der Waals surface area (Å²) < 4.78 is 29.7. The van der Waals surface area contributed by atoms with Gasteiger partial charge in [0, 0.05) is 16.7 Å². The molecule has 6 nitrogen and oxygen atoms in total. The van der Waals surface area contributed by atoms with E-state index >= 15 is 0 Å². The third-order valence-electron chi connectivity index (χ3n) is 4.78. The summed E-state index contributed by atoms with van der Waals surface area (Å²) >= 11 is 5.89. The predicted molar refractivity (Wildman–Crippen MR) is 115 cm³/mol. The van der Waals surface area contributed by atoms with E-state index in [1.807, 2.05) is 0 Å². The molecule has 1 aliphatic rings. The number of fused-ring (bicyclic) bond motifs is 1. The zero-order chi connectivity index (χ0) is 22.7. The van der Waals surface area contributed by atoms with Crippen LogP contribution in [0.4, 0.5) is 4.39 Å². The van der Waals surface area contributed by atoms with Crippen LogP contribution in [-0.2, 0) is 4.79 Å². The third kappa shape index (κ3) is 4.51. The fourth-order valence-electron chi connectivity index (χ4n) is 3.36. The molecular weight excluding hydrogens is 435 g/mol. The van der Waals surface area contributed by atoms with Crippen LogP contribution in [0.15, 0.2) is 78.2 Å². The molecule has 0 saturated carbocycles. The highest BCUT2D eigenvalue weighted by atomic mass is 35.5. The zero-order valence-electron chi connectivity index (χ0n) is 16.5. The summed E-state index contributed by atoms with van der Waals surface area (Å²) in [6.45, 7) is -0.322. The SMILES string of the molecule is N#CC1=C(N)Oc2cc(OC(=O)COc3cccc(Cl)c3)ccc2C1c1ccc(F)cc1. The van der Waals surface area contributed by atoms with Crippen LogP contribution in [0.25, 0.3) is 0 Å². The summed E-state index contributed by atoms with van der Waals surface area (Å²) in [4.78, 5) is 12.2. The molecule has 1 unspecified atom stereocenters. The highest BCUT2D eigenvalue weighted by Gasteiger charge is 2.31. The van der Waals surface area contributed by atoms with Gasteiger partial charge in [-0.05, 0) is 42.0 Å². The van der Waals surface area contributed by atoms with E-state index in [9.17, 15) is 14.4 Å². The van der Waals surface area contributed by atoms with Gasteiger partial charge in [0.25, 0.3) is 0 Å². The predicted octanol–water partition coefficient (Wildman–Crippen LogP) is 4.68. The number of nitriles is 1. The number of rotatable bonds is 5. The van der Waals surface area contributed by atoms with Gasteiger partial charge >= 0.3 is 5.97 Å². The molecule has 0 spiro atoms. The molecule has 0 saturated heterocycles. The number of hydrogen-bond acceptors (Lipinski definition) is 6. The second-order valence-corrected chi connectivity index (χ2v) is 7.33. The summed E-state index contributed by atoms with van der Waals surface area (Å²) in [5.41, 5.74) is 7.48. The molecule has 3 aromatic carbocycles. The molecule has 0 bridgehead atoms. The van der Waals surface area contributed by atoms with E-state index in [-0.39, 0.29) is 23.8 Å². The van der Waals surface area contributed by atoms with Gasteiger partial charge in [-0.1, -0.05) is 35.9 Å². The molecular formula is C24H16ClFN2O4. The molecule has 8 heteroatoms. The van der Waals surface area contributed by atoms with Crippen molar-refractivity contribution in [3.63, 3.8) is 0 Å². The Bertz CT molecular complexity index is 1250. The minimum absolute atomic E-state index is 0.0675. The smallest absolute Gasteiger partial charge is 0.349 e. The summed E-state index contributed by atoms with van der Waals surface area (Å²) in [5, 5.41) is 10.1. The lowest BCUT2D eigenvalue weighted by Crippen LogP contribution is -2.21. The molecule has 0 radical (unpaired) electrons. The van der Waals surface area contributed by atoms with Gasteiger partial charge in [-0.2, -0.15) is 5.26 Å². The standard InChI is InChI=1S/C24H16ClFN2O4/c25-15-2-1-3-17(10-15)30-13-22(29)31-18-8-9-19-21(11-18)32-24(28)20(12-27)23(19)14-4-6-16(26)7-5-14/h1-11,23H,13,28H2. The number of nitrogens with zero attached hydrogens (tertiary/aromatic N) is 1. The second-order valence-electron chi connectivity index (χ2n) is 6.90. The highest BCUT2D eigenvalue weighted by Crippen LogP contribution is 2.43. The van der Waals surface area contributed by atoms with Gasteiger partial charge in [0.1, 0.15) is 34.7 Å². The van der Waals surface area contributed by atoms with Crippen LogP contribution >= 0.6 is 11.6 Å². The van der Waals surface area contributed by atoms with Crippen molar-refractivity contribution in [3.8, 4) is 23.3 Å². The second kappa shape index (κ2) is 9.00. The van der Waals surface area contributed by atoms with Crippen molar-refractivity contribution >= 4 is 17.6 Å². The number of carbonyl (C=O) groups is 1. The lowest BCUT2D eigenvalue weighted by atomic mass is 9.83. The normalized spacial score (nSPS) is 14.7. The zero-order valence-corrected chi connectivity index (χ0v) is 17.3. The van der Waals surface area contributed by atoms with Crippen molar-refractivity contribution < 1.29 is 23.4 Å². The number of allylic oxidation sites excluding steroid dienone is 1. The fourth-order valence-corrected chi connectivity index (χ4v) is 3.54. The molecule has 32 heavy (non-hydrogen) atoms. The van der Waals surface area contributed by atoms with Crippen molar-refractivity contribution in [1.82, 2.24) is 0 Å². The molecule has 3 aromatic rings. The van der Waals surface area contributed by atoms with E-state index < -0.39 is 17.7 Å². The van der Waals surface area contributed by atoms with Crippen molar-refractivity contribution in [3.05, 3.63) is 100 Å². The van der Waals surface area contributed by atoms with Crippen LogP contribution in [0.2, 0.25) is 5.02 Å². The van der Waals surface area contributed by atoms with Crippen LogP contribution in [0, 0.1) is 17.1 Å². The van der Waals surface area contributed by atoms with Gasteiger partial charge in [0.15, 0.2) is 6.61 Å². The number of nitrogens with two attached hydrogens (primary N) is 1. The molecule has 1 aliphatic heterocycles. The fraction of sp³-hybridized carbons (Fsp3) is 0.0833. The minimum Gasteiger partial charge on any atom is -0.482 e. The number of benzene rings is 3. The van der Waals surface area contributed by atoms with Crippen molar-refractivity contribution in [1.29, 1.82) is 5.26 Å². The monoisotopic (exact) mass is 450 g/mol. The van der Waals surface area contributed by atoms with Crippen molar-refractivity contribution in [2.75, 3.05) is 6.61 Å². The highest BCUT2D eigenvalue weighted by molar-refractivity contribution is 6.30. The summed E-state index contributed by atoms with van der Waals surface area (Å²) in [5.74, 6) is -0.642. The average Bonchev–Trinajstić information content (AvgIpc) is 2.77. The Kier molecular flexibility index (Phi) is 5.97. The summed E-state index contributed by atoms with van der Waals surface area (Å²) in [6.07, 6.45) is 0. The number of halogens is 2. The number of esters is 1. The number of hydrogen-bond donors (Lipinski definition) is 1. The molecule has 0 fully saturated rings. The van der Waals surface area contributed by atoms with Crippen LogP contribution in [0.5, 0.6) is 17.2 Å². The molecule has 0 aliphatic carbocycles. The lowest BCUT2D eigenvalue weighted by molar-refractivity contribution is -0.136. The van der Waals surface area contributed by atoms with E-state index in [1.54, 1.807) is 48.5 Å². The topological polar surface area (TPSA) is 94.6 Å². The molecule has 4 rings (SSSR count). The van der Waals surface area contributed by atoms with E-state index in [0.29, 0.717) is 27.6 Å². The first kappa shape index (κ1) is 21.2. The quantitative estimate of drug-likeness (QED) is 0.448. The Labute approximate surface area is 188 Å². The maximum Gasteiger partial charge on any atom is 0.349 e. The van der Waals surface area contributed by atoms with Gasteiger partial charge in [0.2, 0.25) is 5.88 Å². The van der Waals surface area contributed by atoms with Gasteiger partial charge < -0.3 is 19.9 Å². The van der Waals surface area contributed by atoms with Crippen molar-refractivity contribution in [2.24, 2.45) is 5.73 Å². The molecule has 160 valence electrons. The van der Waals surface area contributed by atoms with Gasteiger partial charge in [-0.3, -0.25) is 0 Å². The Morgan fingerprint density at radius 2 is 1.91 bits per heavy atom. The average molecular weight is 451 g/mol. The lowest BCUT2D eigenvalue weighted by Gasteiger charge is -2.26. The molecule has 0 aromatic heterocycles. The molecule has 2 N–H and O–H groups in total. The minimum atomic E-state index is -0.628. The first-order chi connectivity index (χ1) is 15.4. The van der Waals surface area contributed by atoms with Gasteiger partial charge in [-0.15, -0.1) is 0 Å². The number of ether oxygens (including phenoxy) is 3. The first-order valence-electron chi connectivity index (χ1n) is 9.50. The first-order valence-corrected chi connectivity index (χ1v) is 9.88. The van der Waals surface area contributed by atoms with Crippen LogP contribution in [-0.4, -0.2) is 12.6 Å². The van der Waals surface area contributed by atoms with Crippen LogP contribution < -0.4 is 19.9 Å². The Morgan fingerprint density at radius 1 is 1.12 bits per heavy atom. The van der Waals surface area contributed by atoms with Gasteiger partial charge in [-0.25, -0.2) is 9.18 Å². The number of carbonyl (C=O) groups excluding carboxylic acids is 1. The largest absolute Gasteiger partial charge is 0.482 e. The molecule has 1 atom stereocenters. The maximum absolute atomic E-state index is 13.4. The molecule has 1 heterocycles. The maximum atomic E-state index is 13.4. The van der Waals surface area contributed by atoms with Crippen molar-refractivity contribution in [2.45, 2.75) is 5.92 Å². The van der Waals surface area contributed by atoms with Crippen LogP contribution in [0.3, 0.4) is 0 Å². The van der Waals surface area contributed by atoms with Gasteiger partial charge in [0.05, 0.1) is 5.92 Å². The Balaban J connectivity index is 1.54. The Morgan fingerprint density at radius 3 is 2.62 bits per heavy atom.